The van der Waals surface area contributed by atoms with Gasteiger partial charge in [-0.05, 0) is 19.3 Å². The molecule has 98 valence electrons. The second kappa shape index (κ2) is 5.73. The highest BCUT2D eigenvalue weighted by Gasteiger charge is 2.33. The molecule has 0 aromatic heterocycles. The van der Waals surface area contributed by atoms with E-state index in [-0.39, 0.29) is 11.1 Å². The molecular weight excluding hydrogens is 238 g/mol. The fraction of sp³-hybridized carbons (Fsp3) is 0.818. The van der Waals surface area contributed by atoms with Crippen molar-refractivity contribution in [3.05, 3.63) is 0 Å². The van der Waals surface area contributed by atoms with Gasteiger partial charge in [0.15, 0.2) is 0 Å². The smallest absolute Gasteiger partial charge is 0.279 e. The number of hydrogen-bond acceptors (Lipinski definition) is 4. The van der Waals surface area contributed by atoms with E-state index in [1.807, 2.05) is 6.92 Å². The maximum atomic E-state index is 12.0. The van der Waals surface area contributed by atoms with Gasteiger partial charge in [-0.15, -0.1) is 0 Å². The van der Waals surface area contributed by atoms with E-state index in [2.05, 4.69) is 24.5 Å². The predicted molar refractivity (Wildman–Crippen MR) is 69.8 cm³/mol. The number of nitrogens with one attached hydrogen (secondary N) is 2. The van der Waals surface area contributed by atoms with Gasteiger partial charge in [0.1, 0.15) is 6.04 Å². The molecule has 2 atom stereocenters. The van der Waals surface area contributed by atoms with E-state index < -0.39 is 11.6 Å². The molecule has 4 N–H and O–H groups in total. The van der Waals surface area contributed by atoms with E-state index in [0.29, 0.717) is 18.2 Å². The molecule has 0 saturated carbocycles. The first kappa shape index (κ1) is 14.3. The monoisotopic (exact) mass is 259 g/mol. The number of nitrogens with two attached hydrogens (primary N) is 1. The molecule has 17 heavy (non-hydrogen) atoms. The molecule has 5 nitrogen and oxygen atoms in total. The van der Waals surface area contributed by atoms with E-state index in [1.165, 1.54) is 0 Å². The Kier molecular flexibility index (Phi) is 4.82. The summed E-state index contributed by atoms with van der Waals surface area (Å²) in [7, 11) is 0. The van der Waals surface area contributed by atoms with Crippen LogP contribution in [-0.4, -0.2) is 35.0 Å². The van der Waals surface area contributed by atoms with Gasteiger partial charge in [-0.25, -0.2) is 0 Å². The molecule has 1 fully saturated rings. The van der Waals surface area contributed by atoms with Gasteiger partial charge in [0.2, 0.25) is 5.91 Å². The first-order valence-corrected chi connectivity index (χ1v) is 6.80. The standard InChI is InChI=1S/C11H21N3O2S/c1-7(2)4-11(3,6-12)14-9(15)8-5-17-10(16)13-8/h7-8H,4-6,12H2,1-3H3,(H,13,16)(H,14,15). The summed E-state index contributed by atoms with van der Waals surface area (Å²) in [5, 5.41) is 5.43. The summed E-state index contributed by atoms with van der Waals surface area (Å²) in [5.74, 6) is 0.806. The van der Waals surface area contributed by atoms with Gasteiger partial charge in [0.25, 0.3) is 5.24 Å². The van der Waals surface area contributed by atoms with Crippen molar-refractivity contribution in [3.63, 3.8) is 0 Å². The zero-order chi connectivity index (χ0) is 13.1. The van der Waals surface area contributed by atoms with Gasteiger partial charge in [0, 0.05) is 17.8 Å². The second-order valence-electron chi connectivity index (χ2n) is 5.15. The Morgan fingerprint density at radius 3 is 2.76 bits per heavy atom. The summed E-state index contributed by atoms with van der Waals surface area (Å²) in [6.07, 6.45) is 0.822. The minimum Gasteiger partial charge on any atom is -0.348 e. The molecule has 2 unspecified atom stereocenters. The molecule has 6 heteroatoms. The van der Waals surface area contributed by atoms with Crippen molar-refractivity contribution in [2.24, 2.45) is 11.7 Å². The van der Waals surface area contributed by atoms with Crippen LogP contribution in [0.25, 0.3) is 0 Å². The third-order valence-electron chi connectivity index (χ3n) is 2.72. The van der Waals surface area contributed by atoms with Crippen LogP contribution in [0.15, 0.2) is 0 Å². The molecule has 1 aliphatic rings. The SMILES string of the molecule is CC(C)CC(C)(CN)NC(=O)C1CSC(=O)N1. The average molecular weight is 259 g/mol. The quantitative estimate of drug-likeness (QED) is 0.678. The van der Waals surface area contributed by atoms with Crippen LogP contribution in [-0.2, 0) is 4.79 Å². The van der Waals surface area contributed by atoms with Crippen molar-refractivity contribution in [1.29, 1.82) is 0 Å². The van der Waals surface area contributed by atoms with Crippen molar-refractivity contribution in [1.82, 2.24) is 10.6 Å². The van der Waals surface area contributed by atoms with Crippen molar-refractivity contribution in [3.8, 4) is 0 Å². The molecule has 1 heterocycles. The zero-order valence-electron chi connectivity index (χ0n) is 10.6. The molecule has 0 bridgehead atoms. The van der Waals surface area contributed by atoms with Gasteiger partial charge >= 0.3 is 0 Å². The molecule has 0 aromatic carbocycles. The Morgan fingerprint density at radius 2 is 2.35 bits per heavy atom. The lowest BCUT2D eigenvalue weighted by Crippen LogP contribution is -2.56. The summed E-state index contributed by atoms with van der Waals surface area (Å²) in [4.78, 5) is 23.0. The molecule has 0 radical (unpaired) electrons. The van der Waals surface area contributed by atoms with Crippen LogP contribution in [0.2, 0.25) is 0 Å². The fourth-order valence-electron chi connectivity index (χ4n) is 2.00. The highest BCUT2D eigenvalue weighted by atomic mass is 32.2. The molecular formula is C11H21N3O2S. The zero-order valence-corrected chi connectivity index (χ0v) is 11.4. The highest BCUT2D eigenvalue weighted by Crippen LogP contribution is 2.17. The van der Waals surface area contributed by atoms with Gasteiger partial charge < -0.3 is 16.4 Å². The molecule has 0 aromatic rings. The molecule has 1 saturated heterocycles. The summed E-state index contributed by atoms with van der Waals surface area (Å²) in [6, 6.07) is -0.425. The van der Waals surface area contributed by atoms with Crippen LogP contribution in [0.4, 0.5) is 4.79 Å². The number of amides is 2. The fourth-order valence-corrected chi connectivity index (χ4v) is 2.78. The van der Waals surface area contributed by atoms with Crippen LogP contribution in [0.5, 0.6) is 0 Å². The van der Waals surface area contributed by atoms with Crippen molar-refractivity contribution in [2.45, 2.75) is 38.8 Å². The Balaban J connectivity index is 2.55. The predicted octanol–water partition coefficient (Wildman–Crippen LogP) is 0.691. The summed E-state index contributed by atoms with van der Waals surface area (Å²) >= 11 is 1.14. The van der Waals surface area contributed by atoms with Gasteiger partial charge in [-0.2, -0.15) is 0 Å². The molecule has 1 aliphatic heterocycles. The van der Waals surface area contributed by atoms with Crippen LogP contribution >= 0.6 is 11.8 Å². The number of carbonyl (C=O) groups excluding carboxylic acids is 2. The number of thioether (sulfide) groups is 1. The lowest BCUT2D eigenvalue weighted by Gasteiger charge is -2.32. The maximum Gasteiger partial charge on any atom is 0.279 e. The van der Waals surface area contributed by atoms with Crippen LogP contribution in [0.3, 0.4) is 0 Å². The normalized spacial score (nSPS) is 23.4. The van der Waals surface area contributed by atoms with Crippen LogP contribution < -0.4 is 16.4 Å². The first-order valence-electron chi connectivity index (χ1n) is 5.81. The van der Waals surface area contributed by atoms with Crippen LogP contribution in [0, 0.1) is 5.92 Å². The van der Waals surface area contributed by atoms with Crippen molar-refractivity contribution in [2.75, 3.05) is 12.3 Å². The number of hydrogen-bond donors (Lipinski definition) is 3. The van der Waals surface area contributed by atoms with E-state index >= 15 is 0 Å². The first-order chi connectivity index (χ1) is 7.86. The lowest BCUT2D eigenvalue weighted by atomic mass is 9.90. The highest BCUT2D eigenvalue weighted by molar-refractivity contribution is 8.14. The summed E-state index contributed by atoms with van der Waals surface area (Å²) in [5.41, 5.74) is 5.32. The average Bonchev–Trinajstić information content (AvgIpc) is 2.63. The van der Waals surface area contributed by atoms with E-state index in [9.17, 15) is 9.59 Å². The van der Waals surface area contributed by atoms with Crippen molar-refractivity contribution >= 4 is 22.9 Å². The Bertz CT molecular complexity index is 309. The Hall–Kier alpha value is -0.750. The van der Waals surface area contributed by atoms with Gasteiger partial charge in [0.05, 0.1) is 0 Å². The largest absolute Gasteiger partial charge is 0.348 e. The van der Waals surface area contributed by atoms with E-state index in [1.54, 1.807) is 0 Å². The number of rotatable bonds is 5. The maximum absolute atomic E-state index is 12.0. The minimum atomic E-state index is -0.425. The van der Waals surface area contributed by atoms with Gasteiger partial charge in [-0.3, -0.25) is 9.59 Å². The molecule has 0 aliphatic carbocycles. The Morgan fingerprint density at radius 1 is 1.71 bits per heavy atom. The molecule has 2 amide bonds. The van der Waals surface area contributed by atoms with Gasteiger partial charge in [-0.1, -0.05) is 25.6 Å². The topological polar surface area (TPSA) is 84.2 Å². The lowest BCUT2D eigenvalue weighted by molar-refractivity contribution is -0.124. The third-order valence-corrected chi connectivity index (χ3v) is 3.60. The molecule has 1 rings (SSSR count). The second-order valence-corrected chi connectivity index (χ2v) is 6.14. The van der Waals surface area contributed by atoms with Crippen molar-refractivity contribution < 1.29 is 9.59 Å². The van der Waals surface area contributed by atoms with E-state index in [4.69, 9.17) is 5.73 Å². The van der Waals surface area contributed by atoms with Crippen LogP contribution in [0.1, 0.15) is 27.2 Å². The Labute approximate surface area is 106 Å². The van der Waals surface area contributed by atoms with E-state index in [0.717, 1.165) is 18.2 Å². The summed E-state index contributed by atoms with van der Waals surface area (Å²) in [6.45, 7) is 6.51. The minimum absolute atomic E-state index is 0.136. The summed E-state index contributed by atoms with van der Waals surface area (Å²) < 4.78 is 0. The number of carbonyl (C=O) groups is 2. The molecule has 0 spiro atoms. The third kappa shape index (κ3) is 4.20.